The van der Waals surface area contributed by atoms with Crippen LogP contribution in [0.15, 0.2) is 24.3 Å². The standard InChI is InChI=1S/C18H28O/c1-2-3-4-5-6-7-8-9-10-12-17-13-11-14-18(15-17)16-19/h11,13-16H,2-10,12H2,1H3. The summed E-state index contributed by atoms with van der Waals surface area (Å²) < 4.78 is 0. The molecule has 0 aliphatic rings. The summed E-state index contributed by atoms with van der Waals surface area (Å²) in [6.45, 7) is 2.26. The predicted molar refractivity (Wildman–Crippen MR) is 82.8 cm³/mol. The molecule has 0 spiro atoms. The number of hydrogen-bond donors (Lipinski definition) is 0. The number of hydrogen-bond acceptors (Lipinski definition) is 1. The van der Waals surface area contributed by atoms with Gasteiger partial charge in [0, 0.05) is 5.56 Å². The van der Waals surface area contributed by atoms with Gasteiger partial charge in [-0.25, -0.2) is 0 Å². The minimum Gasteiger partial charge on any atom is -0.298 e. The second kappa shape index (κ2) is 10.8. The second-order valence-electron chi connectivity index (χ2n) is 5.44. The van der Waals surface area contributed by atoms with E-state index in [2.05, 4.69) is 13.0 Å². The summed E-state index contributed by atoms with van der Waals surface area (Å²) in [6.07, 6.45) is 14.3. The lowest BCUT2D eigenvalue weighted by Gasteiger charge is -2.03. The highest BCUT2D eigenvalue weighted by Crippen LogP contribution is 2.12. The molecule has 0 saturated heterocycles. The topological polar surface area (TPSA) is 17.1 Å². The third kappa shape index (κ3) is 7.81. The molecule has 0 heterocycles. The number of aldehydes is 1. The van der Waals surface area contributed by atoms with E-state index in [4.69, 9.17) is 0 Å². The van der Waals surface area contributed by atoms with Gasteiger partial charge in [0.1, 0.15) is 6.29 Å². The molecule has 1 rings (SSSR count). The fraction of sp³-hybridized carbons (Fsp3) is 0.611. The Kier molecular flexibility index (Phi) is 9.05. The van der Waals surface area contributed by atoms with Crippen LogP contribution in [0, 0.1) is 0 Å². The molecule has 0 N–H and O–H groups in total. The molecule has 0 saturated carbocycles. The normalized spacial score (nSPS) is 10.6. The molecule has 0 amide bonds. The first kappa shape index (κ1) is 15.9. The van der Waals surface area contributed by atoms with E-state index in [9.17, 15) is 4.79 Å². The van der Waals surface area contributed by atoms with Gasteiger partial charge in [-0.05, 0) is 24.5 Å². The number of unbranched alkanes of at least 4 members (excludes halogenated alkanes) is 8. The van der Waals surface area contributed by atoms with Gasteiger partial charge < -0.3 is 0 Å². The van der Waals surface area contributed by atoms with Crippen LogP contribution in [0.3, 0.4) is 0 Å². The van der Waals surface area contributed by atoms with E-state index < -0.39 is 0 Å². The Morgan fingerprint density at radius 2 is 1.53 bits per heavy atom. The molecule has 106 valence electrons. The van der Waals surface area contributed by atoms with Gasteiger partial charge in [0.15, 0.2) is 0 Å². The Labute approximate surface area is 118 Å². The van der Waals surface area contributed by atoms with Crippen LogP contribution < -0.4 is 0 Å². The van der Waals surface area contributed by atoms with Gasteiger partial charge in [-0.3, -0.25) is 4.79 Å². The first-order chi connectivity index (χ1) is 9.36. The maximum Gasteiger partial charge on any atom is 0.150 e. The van der Waals surface area contributed by atoms with E-state index in [1.807, 2.05) is 18.2 Å². The highest BCUT2D eigenvalue weighted by molar-refractivity contribution is 5.74. The van der Waals surface area contributed by atoms with Crippen molar-refractivity contribution in [2.75, 3.05) is 0 Å². The third-order valence-electron chi connectivity index (χ3n) is 3.66. The Hall–Kier alpha value is -1.11. The molecule has 0 atom stereocenters. The lowest BCUT2D eigenvalue weighted by Crippen LogP contribution is -1.88. The molecule has 19 heavy (non-hydrogen) atoms. The van der Waals surface area contributed by atoms with Crippen molar-refractivity contribution in [3.05, 3.63) is 35.4 Å². The minimum atomic E-state index is 0.799. The molecule has 0 bridgehead atoms. The van der Waals surface area contributed by atoms with Crippen LogP contribution in [-0.2, 0) is 6.42 Å². The molecule has 1 aromatic carbocycles. The lowest BCUT2D eigenvalue weighted by atomic mass is 10.0. The van der Waals surface area contributed by atoms with Crippen LogP contribution in [0.2, 0.25) is 0 Å². The lowest BCUT2D eigenvalue weighted by molar-refractivity contribution is 0.112. The van der Waals surface area contributed by atoms with Crippen LogP contribution in [-0.4, -0.2) is 6.29 Å². The number of rotatable bonds is 11. The summed E-state index contributed by atoms with van der Waals surface area (Å²) >= 11 is 0. The average molecular weight is 260 g/mol. The summed E-state index contributed by atoms with van der Waals surface area (Å²) in [5.41, 5.74) is 2.10. The van der Waals surface area contributed by atoms with Crippen LogP contribution in [0.1, 0.15) is 80.6 Å². The summed E-state index contributed by atoms with van der Waals surface area (Å²) in [5, 5.41) is 0. The predicted octanol–water partition coefficient (Wildman–Crippen LogP) is 5.57. The van der Waals surface area contributed by atoms with Crippen molar-refractivity contribution < 1.29 is 4.79 Å². The molecule has 1 aromatic rings. The number of aryl methyl sites for hydroxylation is 1. The molecule has 0 aromatic heterocycles. The van der Waals surface area contributed by atoms with Crippen LogP contribution in [0.5, 0.6) is 0 Å². The molecule has 0 fully saturated rings. The second-order valence-corrected chi connectivity index (χ2v) is 5.44. The Morgan fingerprint density at radius 1 is 0.895 bits per heavy atom. The first-order valence-corrected chi connectivity index (χ1v) is 7.91. The Bertz CT molecular complexity index is 343. The summed E-state index contributed by atoms with van der Waals surface area (Å²) in [5.74, 6) is 0. The summed E-state index contributed by atoms with van der Waals surface area (Å²) in [4.78, 5) is 10.7. The van der Waals surface area contributed by atoms with Gasteiger partial charge in [-0.2, -0.15) is 0 Å². The van der Waals surface area contributed by atoms with Gasteiger partial charge in [0.05, 0.1) is 0 Å². The average Bonchev–Trinajstić information content (AvgIpc) is 2.46. The van der Waals surface area contributed by atoms with E-state index >= 15 is 0 Å². The molecule has 0 unspecified atom stereocenters. The maximum absolute atomic E-state index is 10.7. The van der Waals surface area contributed by atoms with E-state index in [0.29, 0.717) is 0 Å². The molecule has 0 aliphatic carbocycles. The van der Waals surface area contributed by atoms with Crippen LogP contribution >= 0.6 is 0 Å². The van der Waals surface area contributed by atoms with Crippen molar-refractivity contribution in [2.24, 2.45) is 0 Å². The molecule has 1 heteroatoms. The highest BCUT2D eigenvalue weighted by atomic mass is 16.1. The van der Waals surface area contributed by atoms with E-state index in [1.54, 1.807) is 0 Å². The Balaban J connectivity index is 1.99. The largest absolute Gasteiger partial charge is 0.298 e. The van der Waals surface area contributed by atoms with Crippen LogP contribution in [0.25, 0.3) is 0 Å². The SMILES string of the molecule is CCCCCCCCCCCc1cccc(C=O)c1. The van der Waals surface area contributed by atoms with Gasteiger partial charge in [-0.15, -0.1) is 0 Å². The quantitative estimate of drug-likeness (QED) is 0.375. The van der Waals surface area contributed by atoms with Crippen molar-refractivity contribution in [3.8, 4) is 0 Å². The van der Waals surface area contributed by atoms with E-state index in [-0.39, 0.29) is 0 Å². The highest BCUT2D eigenvalue weighted by Gasteiger charge is 1.96. The molecular weight excluding hydrogens is 232 g/mol. The van der Waals surface area contributed by atoms with Crippen molar-refractivity contribution in [2.45, 2.75) is 71.1 Å². The third-order valence-corrected chi connectivity index (χ3v) is 3.66. The van der Waals surface area contributed by atoms with Crippen molar-refractivity contribution in [3.63, 3.8) is 0 Å². The monoisotopic (exact) mass is 260 g/mol. The zero-order valence-corrected chi connectivity index (χ0v) is 12.4. The summed E-state index contributed by atoms with van der Waals surface area (Å²) in [6, 6.07) is 7.98. The van der Waals surface area contributed by atoms with Crippen molar-refractivity contribution in [1.82, 2.24) is 0 Å². The van der Waals surface area contributed by atoms with Gasteiger partial charge in [-0.1, -0.05) is 76.5 Å². The van der Waals surface area contributed by atoms with E-state index in [0.717, 1.165) is 18.3 Å². The first-order valence-electron chi connectivity index (χ1n) is 7.91. The van der Waals surface area contributed by atoms with Gasteiger partial charge in [0.25, 0.3) is 0 Å². The Morgan fingerprint density at radius 3 is 2.16 bits per heavy atom. The molecule has 0 radical (unpaired) electrons. The fourth-order valence-corrected chi connectivity index (χ4v) is 2.46. The molecular formula is C18H28O. The van der Waals surface area contributed by atoms with Crippen molar-refractivity contribution >= 4 is 6.29 Å². The van der Waals surface area contributed by atoms with Crippen LogP contribution in [0.4, 0.5) is 0 Å². The van der Waals surface area contributed by atoms with Gasteiger partial charge >= 0.3 is 0 Å². The van der Waals surface area contributed by atoms with E-state index in [1.165, 1.54) is 63.4 Å². The number of carbonyl (C=O) groups is 1. The summed E-state index contributed by atoms with van der Waals surface area (Å²) in [7, 11) is 0. The number of carbonyl (C=O) groups excluding carboxylic acids is 1. The zero-order chi connectivity index (χ0) is 13.8. The zero-order valence-electron chi connectivity index (χ0n) is 12.4. The maximum atomic E-state index is 10.7. The smallest absolute Gasteiger partial charge is 0.150 e. The molecule has 1 nitrogen and oxygen atoms in total. The van der Waals surface area contributed by atoms with Crippen molar-refractivity contribution in [1.29, 1.82) is 0 Å². The number of benzene rings is 1. The minimum absolute atomic E-state index is 0.799. The fourth-order valence-electron chi connectivity index (χ4n) is 2.46. The molecule has 0 aliphatic heterocycles. The van der Waals surface area contributed by atoms with Gasteiger partial charge in [0.2, 0.25) is 0 Å².